The molecule has 0 bridgehead atoms. The number of halogens is 4. The van der Waals surface area contributed by atoms with Gasteiger partial charge in [-0.3, -0.25) is 9.59 Å². The van der Waals surface area contributed by atoms with E-state index in [2.05, 4.69) is 20.5 Å². The Morgan fingerprint density at radius 3 is 2.76 bits per heavy atom. The SMILES string of the molecule is O=C(Nc1ccnnc1)c1c(N2CCC(Oc3cc(F)cc(C(F)(F)F)c3)C2)cc[nH]c1=O. The molecule has 4 rings (SSSR count). The van der Waals surface area contributed by atoms with Gasteiger partial charge in [0.2, 0.25) is 0 Å². The van der Waals surface area contributed by atoms with Gasteiger partial charge in [-0.15, -0.1) is 0 Å². The number of alkyl halides is 3. The fraction of sp³-hybridized carbons (Fsp3) is 0.238. The van der Waals surface area contributed by atoms with E-state index in [1.807, 2.05) is 0 Å². The largest absolute Gasteiger partial charge is 0.488 e. The number of amides is 1. The highest BCUT2D eigenvalue weighted by atomic mass is 19.4. The zero-order valence-electron chi connectivity index (χ0n) is 16.9. The molecule has 172 valence electrons. The number of nitrogens with zero attached hydrogens (tertiary/aromatic N) is 3. The van der Waals surface area contributed by atoms with E-state index < -0.39 is 35.1 Å². The molecule has 1 aromatic carbocycles. The molecule has 1 unspecified atom stereocenters. The number of aromatic amines is 1. The number of carbonyl (C=O) groups is 1. The number of hydrogen-bond acceptors (Lipinski definition) is 6. The predicted molar refractivity (Wildman–Crippen MR) is 110 cm³/mol. The molecule has 8 nitrogen and oxygen atoms in total. The minimum atomic E-state index is -4.71. The summed E-state index contributed by atoms with van der Waals surface area (Å²) >= 11 is 0. The summed E-state index contributed by atoms with van der Waals surface area (Å²) in [4.78, 5) is 29.4. The third-order valence-corrected chi connectivity index (χ3v) is 5.00. The highest BCUT2D eigenvalue weighted by Crippen LogP contribution is 2.33. The van der Waals surface area contributed by atoms with Crippen LogP contribution in [0.2, 0.25) is 0 Å². The topological polar surface area (TPSA) is 100 Å². The number of aromatic nitrogens is 3. The van der Waals surface area contributed by atoms with Crippen LogP contribution in [0.25, 0.3) is 0 Å². The van der Waals surface area contributed by atoms with E-state index in [-0.39, 0.29) is 17.9 Å². The molecule has 3 aromatic rings. The van der Waals surface area contributed by atoms with E-state index in [0.29, 0.717) is 30.4 Å². The van der Waals surface area contributed by atoms with Crippen LogP contribution in [0.5, 0.6) is 5.75 Å². The van der Waals surface area contributed by atoms with Gasteiger partial charge in [-0.05, 0) is 24.3 Å². The molecular weight excluding hydrogens is 446 g/mol. The average molecular weight is 463 g/mol. The van der Waals surface area contributed by atoms with Crippen LogP contribution in [0.4, 0.5) is 28.9 Å². The first kappa shape index (κ1) is 22.2. The molecule has 3 heterocycles. The van der Waals surface area contributed by atoms with Gasteiger partial charge < -0.3 is 19.9 Å². The molecule has 1 saturated heterocycles. The lowest BCUT2D eigenvalue weighted by Crippen LogP contribution is -2.31. The normalized spacial score (nSPS) is 16.0. The molecule has 12 heteroatoms. The quantitative estimate of drug-likeness (QED) is 0.564. The number of carbonyl (C=O) groups excluding carboxylic acids is 1. The Morgan fingerprint density at radius 1 is 1.21 bits per heavy atom. The molecule has 2 N–H and O–H groups in total. The van der Waals surface area contributed by atoms with Gasteiger partial charge in [-0.25, -0.2) is 4.39 Å². The Hall–Kier alpha value is -3.96. The Kier molecular flexibility index (Phi) is 5.99. The molecule has 2 aromatic heterocycles. The van der Waals surface area contributed by atoms with Crippen LogP contribution in [0.15, 0.2) is 53.7 Å². The Morgan fingerprint density at radius 2 is 2.03 bits per heavy atom. The standard InChI is InChI=1S/C21H17F4N5O3/c22-13-7-12(21(23,24)25)8-16(9-13)33-15-3-6-30(11-15)17-2-4-26-19(31)18(17)20(32)29-14-1-5-27-28-10-14/h1-2,4-5,7-10,15H,3,6,11H2,(H,26,31)(H,27,29,32). The molecule has 0 saturated carbocycles. The van der Waals surface area contributed by atoms with Crippen LogP contribution < -0.4 is 20.5 Å². The van der Waals surface area contributed by atoms with Crippen molar-refractivity contribution in [3.63, 3.8) is 0 Å². The molecule has 0 aliphatic carbocycles. The summed E-state index contributed by atoms with van der Waals surface area (Å²) < 4.78 is 58.1. The van der Waals surface area contributed by atoms with Crippen molar-refractivity contribution in [2.75, 3.05) is 23.3 Å². The van der Waals surface area contributed by atoms with Crippen LogP contribution in [0.1, 0.15) is 22.3 Å². The molecule has 1 amide bonds. The number of hydrogen-bond donors (Lipinski definition) is 2. The second kappa shape index (κ2) is 8.88. The minimum Gasteiger partial charge on any atom is -0.488 e. The molecule has 1 atom stereocenters. The minimum absolute atomic E-state index is 0.139. The Bertz CT molecular complexity index is 1220. The van der Waals surface area contributed by atoms with Crippen molar-refractivity contribution < 1.29 is 27.1 Å². The van der Waals surface area contributed by atoms with Crippen LogP contribution in [0.3, 0.4) is 0 Å². The average Bonchev–Trinajstić information content (AvgIpc) is 3.21. The lowest BCUT2D eigenvalue weighted by Gasteiger charge is -2.21. The van der Waals surface area contributed by atoms with Crippen molar-refractivity contribution in [1.82, 2.24) is 15.2 Å². The van der Waals surface area contributed by atoms with Gasteiger partial charge in [0.15, 0.2) is 0 Å². The van der Waals surface area contributed by atoms with Gasteiger partial charge in [0.1, 0.15) is 23.2 Å². The van der Waals surface area contributed by atoms with Crippen LogP contribution in [-0.4, -0.2) is 40.3 Å². The van der Waals surface area contributed by atoms with Gasteiger partial charge in [0.05, 0.1) is 35.9 Å². The second-order valence-corrected chi connectivity index (χ2v) is 7.30. The summed E-state index contributed by atoms with van der Waals surface area (Å²) in [7, 11) is 0. The van der Waals surface area contributed by atoms with Gasteiger partial charge in [0.25, 0.3) is 11.5 Å². The van der Waals surface area contributed by atoms with Gasteiger partial charge in [-0.1, -0.05) is 0 Å². The maximum atomic E-state index is 13.7. The number of nitrogens with one attached hydrogen (secondary N) is 2. The summed E-state index contributed by atoms with van der Waals surface area (Å²) in [5, 5.41) is 9.84. The summed E-state index contributed by atoms with van der Waals surface area (Å²) in [5.41, 5.74) is -1.22. The van der Waals surface area contributed by atoms with Crippen molar-refractivity contribution in [1.29, 1.82) is 0 Å². The summed E-state index contributed by atoms with van der Waals surface area (Å²) in [5.74, 6) is -1.97. The lowest BCUT2D eigenvalue weighted by atomic mass is 10.2. The maximum absolute atomic E-state index is 13.7. The molecule has 0 spiro atoms. The van der Waals surface area contributed by atoms with Crippen LogP contribution in [-0.2, 0) is 6.18 Å². The zero-order valence-corrected chi connectivity index (χ0v) is 16.9. The number of benzene rings is 1. The lowest BCUT2D eigenvalue weighted by molar-refractivity contribution is -0.137. The van der Waals surface area contributed by atoms with E-state index in [9.17, 15) is 27.2 Å². The summed E-state index contributed by atoms with van der Waals surface area (Å²) in [6, 6.07) is 5.07. The maximum Gasteiger partial charge on any atom is 0.416 e. The first-order valence-corrected chi connectivity index (χ1v) is 9.80. The third-order valence-electron chi connectivity index (χ3n) is 5.00. The fourth-order valence-corrected chi connectivity index (χ4v) is 3.54. The van der Waals surface area contributed by atoms with Crippen molar-refractivity contribution in [3.8, 4) is 5.75 Å². The number of rotatable bonds is 5. The third kappa shape index (κ3) is 5.10. The van der Waals surface area contributed by atoms with E-state index in [4.69, 9.17) is 4.74 Å². The first-order chi connectivity index (χ1) is 15.7. The van der Waals surface area contributed by atoms with E-state index in [1.54, 1.807) is 11.0 Å². The Balaban J connectivity index is 1.52. The van der Waals surface area contributed by atoms with Crippen molar-refractivity contribution in [3.05, 3.63) is 76.2 Å². The van der Waals surface area contributed by atoms with E-state index in [1.165, 1.54) is 24.7 Å². The van der Waals surface area contributed by atoms with Gasteiger partial charge in [-0.2, -0.15) is 23.4 Å². The number of anilines is 2. The predicted octanol–water partition coefficient (Wildman–Crippen LogP) is 3.23. The fourth-order valence-electron chi connectivity index (χ4n) is 3.54. The molecule has 1 fully saturated rings. The zero-order chi connectivity index (χ0) is 23.6. The monoisotopic (exact) mass is 463 g/mol. The highest BCUT2D eigenvalue weighted by Gasteiger charge is 2.33. The van der Waals surface area contributed by atoms with Crippen molar-refractivity contribution >= 4 is 17.3 Å². The number of ether oxygens (including phenoxy) is 1. The van der Waals surface area contributed by atoms with Crippen LogP contribution in [0, 0.1) is 5.82 Å². The molecule has 0 radical (unpaired) electrons. The summed E-state index contributed by atoms with van der Waals surface area (Å²) in [6.45, 7) is 0.547. The number of H-pyrrole nitrogens is 1. The highest BCUT2D eigenvalue weighted by molar-refractivity contribution is 6.07. The van der Waals surface area contributed by atoms with Crippen molar-refractivity contribution in [2.24, 2.45) is 0 Å². The smallest absolute Gasteiger partial charge is 0.416 e. The van der Waals surface area contributed by atoms with E-state index >= 15 is 0 Å². The Labute approximate surface area is 184 Å². The van der Waals surface area contributed by atoms with Gasteiger partial charge >= 0.3 is 6.18 Å². The summed E-state index contributed by atoms with van der Waals surface area (Å²) in [6.07, 6.45) is -0.807. The molecular formula is C21H17F4N5O3. The second-order valence-electron chi connectivity index (χ2n) is 7.30. The van der Waals surface area contributed by atoms with Gasteiger partial charge in [0, 0.05) is 25.2 Å². The number of pyridine rings is 1. The van der Waals surface area contributed by atoms with E-state index in [0.717, 1.165) is 12.1 Å². The molecule has 33 heavy (non-hydrogen) atoms. The van der Waals surface area contributed by atoms with Crippen LogP contribution >= 0.6 is 0 Å². The molecule has 1 aliphatic heterocycles. The van der Waals surface area contributed by atoms with Crippen molar-refractivity contribution in [2.45, 2.75) is 18.7 Å². The first-order valence-electron chi connectivity index (χ1n) is 9.80. The molecule has 1 aliphatic rings.